The Morgan fingerprint density at radius 3 is 2.22 bits per heavy atom. The number of hydrogen-bond acceptors (Lipinski definition) is 7. The quantitative estimate of drug-likeness (QED) is 0.692. The molecule has 10 heteroatoms. The maximum Gasteiger partial charge on any atom is 0.339 e. The van der Waals surface area contributed by atoms with Crippen LogP contribution in [-0.2, 0) is 19.5 Å². The number of carbonyl (C=O) groups excluding carboxylic acids is 2. The summed E-state index contributed by atoms with van der Waals surface area (Å²) >= 11 is 0. The van der Waals surface area contributed by atoms with Gasteiger partial charge in [-0.05, 0) is 43.9 Å². The molecule has 2 aliphatic heterocycles. The van der Waals surface area contributed by atoms with Crippen LogP contribution in [0.15, 0.2) is 23.1 Å². The van der Waals surface area contributed by atoms with Crippen LogP contribution in [0.5, 0.6) is 0 Å². The van der Waals surface area contributed by atoms with Gasteiger partial charge >= 0.3 is 11.9 Å². The molecule has 2 N–H and O–H groups in total. The van der Waals surface area contributed by atoms with Crippen molar-refractivity contribution in [2.45, 2.75) is 48.7 Å². The van der Waals surface area contributed by atoms with Crippen LogP contribution in [0.25, 0.3) is 0 Å². The molecular weight excluding hydrogens is 396 g/mol. The topological polar surface area (TPSA) is 111 Å². The third-order valence-electron chi connectivity index (χ3n) is 4.89. The van der Waals surface area contributed by atoms with Gasteiger partial charge in [-0.3, -0.25) is 0 Å². The summed E-state index contributed by atoms with van der Waals surface area (Å²) in [5.41, 5.74) is -0.0736. The molecule has 0 aromatic heterocycles. The van der Waals surface area contributed by atoms with Gasteiger partial charge in [-0.1, -0.05) is 0 Å². The molecule has 150 valence electrons. The SMILES string of the molecule is COC(=O)c1ccc(C(=O)OC)c(S(=O)(=O)NC2CC3CCC(C2)N3)c1.Cl. The second-order valence-corrected chi connectivity index (χ2v) is 8.30. The maximum atomic E-state index is 12.9. The van der Waals surface area contributed by atoms with Crippen molar-refractivity contribution < 1.29 is 27.5 Å². The minimum absolute atomic E-state index is 0. The van der Waals surface area contributed by atoms with Crippen LogP contribution in [0.1, 0.15) is 46.4 Å². The number of esters is 2. The summed E-state index contributed by atoms with van der Waals surface area (Å²) in [4.78, 5) is 23.5. The number of nitrogens with one attached hydrogen (secondary N) is 2. The van der Waals surface area contributed by atoms with Gasteiger partial charge in [0.2, 0.25) is 10.0 Å². The first-order valence-electron chi connectivity index (χ1n) is 8.43. The van der Waals surface area contributed by atoms with Gasteiger partial charge in [-0.25, -0.2) is 22.7 Å². The minimum Gasteiger partial charge on any atom is -0.465 e. The van der Waals surface area contributed by atoms with E-state index in [1.807, 2.05) is 0 Å². The first-order chi connectivity index (χ1) is 12.3. The predicted octanol–water partition coefficient (Wildman–Crippen LogP) is 1.24. The van der Waals surface area contributed by atoms with E-state index in [0.29, 0.717) is 24.9 Å². The number of ether oxygens (including phenoxy) is 2. The van der Waals surface area contributed by atoms with E-state index in [1.165, 1.54) is 26.4 Å². The molecular formula is C17H23ClN2O6S. The van der Waals surface area contributed by atoms with Gasteiger partial charge in [0.05, 0.1) is 30.2 Å². The van der Waals surface area contributed by atoms with Gasteiger partial charge in [-0.15, -0.1) is 12.4 Å². The lowest BCUT2D eigenvalue weighted by molar-refractivity contribution is 0.0583. The lowest BCUT2D eigenvalue weighted by atomic mass is 10.0. The molecule has 2 bridgehead atoms. The number of carbonyl (C=O) groups is 2. The van der Waals surface area contributed by atoms with E-state index >= 15 is 0 Å². The van der Waals surface area contributed by atoms with Crippen molar-refractivity contribution in [2.75, 3.05) is 14.2 Å². The Kier molecular flexibility index (Phi) is 6.85. The summed E-state index contributed by atoms with van der Waals surface area (Å²) in [5.74, 6) is -1.47. The molecule has 27 heavy (non-hydrogen) atoms. The Labute approximate surface area is 164 Å². The first-order valence-corrected chi connectivity index (χ1v) is 9.91. The van der Waals surface area contributed by atoms with Gasteiger partial charge in [0.25, 0.3) is 0 Å². The molecule has 8 nitrogen and oxygen atoms in total. The molecule has 2 heterocycles. The molecule has 2 aliphatic rings. The van der Waals surface area contributed by atoms with Crippen molar-refractivity contribution in [1.29, 1.82) is 0 Å². The van der Waals surface area contributed by atoms with Gasteiger partial charge < -0.3 is 14.8 Å². The van der Waals surface area contributed by atoms with Crippen LogP contribution in [0, 0.1) is 0 Å². The maximum absolute atomic E-state index is 12.9. The highest BCUT2D eigenvalue weighted by Crippen LogP contribution is 2.28. The summed E-state index contributed by atoms with van der Waals surface area (Å²) in [6.45, 7) is 0. The molecule has 2 unspecified atom stereocenters. The summed E-state index contributed by atoms with van der Waals surface area (Å²) in [7, 11) is -1.64. The number of fused-ring (bicyclic) bond motifs is 2. The Morgan fingerprint density at radius 1 is 1.07 bits per heavy atom. The molecule has 0 amide bonds. The van der Waals surface area contributed by atoms with Crippen LogP contribution in [0.3, 0.4) is 0 Å². The second-order valence-electron chi connectivity index (χ2n) is 6.62. The van der Waals surface area contributed by atoms with E-state index in [-0.39, 0.29) is 34.5 Å². The van der Waals surface area contributed by atoms with Gasteiger partial charge in [0.15, 0.2) is 0 Å². The van der Waals surface area contributed by atoms with Crippen molar-refractivity contribution in [3.05, 3.63) is 29.3 Å². The molecule has 2 atom stereocenters. The molecule has 0 spiro atoms. The van der Waals surface area contributed by atoms with Crippen LogP contribution in [0.4, 0.5) is 0 Å². The van der Waals surface area contributed by atoms with Gasteiger partial charge in [-0.2, -0.15) is 0 Å². The third-order valence-corrected chi connectivity index (χ3v) is 6.45. The Hall–Kier alpha value is -1.68. The number of halogens is 1. The molecule has 2 saturated heterocycles. The summed E-state index contributed by atoms with van der Waals surface area (Å²) < 4.78 is 37.9. The fourth-order valence-corrected chi connectivity index (χ4v) is 5.19. The fourth-order valence-electron chi connectivity index (χ4n) is 3.70. The number of hydrogen-bond donors (Lipinski definition) is 2. The summed E-state index contributed by atoms with van der Waals surface area (Å²) in [6, 6.07) is 4.15. The zero-order chi connectivity index (χ0) is 18.9. The van der Waals surface area contributed by atoms with Crippen molar-refractivity contribution in [2.24, 2.45) is 0 Å². The van der Waals surface area contributed by atoms with Crippen LogP contribution in [-0.4, -0.2) is 52.7 Å². The molecule has 3 rings (SSSR count). The highest BCUT2D eigenvalue weighted by molar-refractivity contribution is 7.89. The molecule has 0 saturated carbocycles. The molecule has 1 aromatic rings. The van der Waals surface area contributed by atoms with Crippen molar-refractivity contribution in [3.8, 4) is 0 Å². The Bertz CT molecular complexity index is 817. The fraction of sp³-hybridized carbons (Fsp3) is 0.529. The van der Waals surface area contributed by atoms with Gasteiger partial charge in [0, 0.05) is 18.1 Å². The Morgan fingerprint density at radius 2 is 1.67 bits per heavy atom. The van der Waals surface area contributed by atoms with Crippen LogP contribution >= 0.6 is 12.4 Å². The van der Waals surface area contributed by atoms with Crippen molar-refractivity contribution >= 4 is 34.4 Å². The smallest absolute Gasteiger partial charge is 0.339 e. The number of sulfonamides is 1. The highest BCUT2D eigenvalue weighted by Gasteiger charge is 2.36. The average Bonchev–Trinajstić information content (AvgIpc) is 2.97. The number of piperidine rings is 1. The second kappa shape index (κ2) is 8.55. The lowest BCUT2D eigenvalue weighted by Gasteiger charge is -2.29. The van der Waals surface area contributed by atoms with E-state index in [2.05, 4.69) is 19.5 Å². The summed E-state index contributed by atoms with van der Waals surface area (Å²) in [5, 5.41) is 3.45. The highest BCUT2D eigenvalue weighted by atomic mass is 35.5. The standard InChI is InChI=1S/C17H22N2O6S.ClH/c1-24-16(20)10-3-6-14(17(21)25-2)15(7-10)26(22,23)19-13-8-11-4-5-12(9-13)18-11;/h3,6-7,11-13,18-19H,4-5,8-9H2,1-2H3;1H. The first kappa shape index (κ1) is 21.6. The number of rotatable bonds is 5. The van der Waals surface area contributed by atoms with Crippen molar-refractivity contribution in [1.82, 2.24) is 10.0 Å². The summed E-state index contributed by atoms with van der Waals surface area (Å²) in [6.07, 6.45) is 3.46. The van der Waals surface area contributed by atoms with Crippen LogP contribution < -0.4 is 10.0 Å². The molecule has 1 aromatic carbocycles. The predicted molar refractivity (Wildman–Crippen MR) is 99.7 cm³/mol. The van der Waals surface area contributed by atoms with Crippen LogP contribution in [0.2, 0.25) is 0 Å². The lowest BCUT2D eigenvalue weighted by Crippen LogP contribution is -2.48. The minimum atomic E-state index is -4.02. The number of methoxy groups -OCH3 is 2. The van der Waals surface area contributed by atoms with E-state index in [0.717, 1.165) is 18.9 Å². The number of benzene rings is 1. The monoisotopic (exact) mass is 418 g/mol. The molecule has 0 radical (unpaired) electrons. The van der Waals surface area contributed by atoms with E-state index in [9.17, 15) is 18.0 Å². The molecule has 2 fully saturated rings. The largest absolute Gasteiger partial charge is 0.465 e. The third kappa shape index (κ3) is 4.60. The zero-order valence-electron chi connectivity index (χ0n) is 15.1. The Balaban J connectivity index is 0.00000261. The average molecular weight is 419 g/mol. The zero-order valence-corrected chi connectivity index (χ0v) is 16.7. The van der Waals surface area contributed by atoms with Gasteiger partial charge in [0.1, 0.15) is 0 Å². The molecule has 0 aliphatic carbocycles. The van der Waals surface area contributed by atoms with Crippen molar-refractivity contribution in [3.63, 3.8) is 0 Å². The van der Waals surface area contributed by atoms with E-state index < -0.39 is 22.0 Å². The van der Waals surface area contributed by atoms with E-state index in [4.69, 9.17) is 0 Å². The van der Waals surface area contributed by atoms with E-state index in [1.54, 1.807) is 0 Å². The normalized spacial score (nSPS) is 24.0.